The minimum atomic E-state index is -1.50. The van der Waals surface area contributed by atoms with E-state index in [0.717, 1.165) is 0 Å². The predicted octanol–water partition coefficient (Wildman–Crippen LogP) is -2.32. The van der Waals surface area contributed by atoms with E-state index in [2.05, 4.69) is 16.0 Å². The van der Waals surface area contributed by atoms with Crippen LogP contribution in [0.2, 0.25) is 0 Å². The van der Waals surface area contributed by atoms with Crippen LogP contribution in [0.25, 0.3) is 0 Å². The molecular formula is C20H28N4O9. The van der Waals surface area contributed by atoms with Crippen LogP contribution < -0.4 is 21.7 Å². The number of carbonyl (C=O) groups excluding carboxylic acids is 3. The highest BCUT2D eigenvalue weighted by Gasteiger charge is 2.28. The molecule has 0 radical (unpaired) electrons. The van der Waals surface area contributed by atoms with Crippen molar-refractivity contribution in [2.45, 2.75) is 50.4 Å². The highest BCUT2D eigenvalue weighted by molar-refractivity contribution is 5.92. The van der Waals surface area contributed by atoms with Gasteiger partial charge in [-0.25, -0.2) is 4.79 Å². The standard InChI is InChI=1S/C20H28N4O9/c1-10(25)17(21)19(31)22-9-15(27)23-14(8-11-2-4-12(26)5-3-11)18(30)24-13(20(32)33)6-7-16(28)29/h2-5,10,13-14,17,25-26H,6-9,21H2,1H3,(H,22,31)(H,23,27)(H,24,30)(H,28,29)(H,32,33). The summed E-state index contributed by atoms with van der Waals surface area (Å²) in [6.07, 6.45) is -2.12. The first-order chi connectivity index (χ1) is 15.4. The van der Waals surface area contributed by atoms with Gasteiger partial charge in [-0.05, 0) is 31.0 Å². The van der Waals surface area contributed by atoms with Crippen molar-refractivity contribution in [2.75, 3.05) is 6.54 Å². The van der Waals surface area contributed by atoms with Crippen LogP contribution in [0.15, 0.2) is 24.3 Å². The zero-order chi connectivity index (χ0) is 25.1. The topological polar surface area (TPSA) is 228 Å². The summed E-state index contributed by atoms with van der Waals surface area (Å²) in [6.45, 7) is 0.728. The number of aliphatic carboxylic acids is 2. The zero-order valence-electron chi connectivity index (χ0n) is 17.9. The second-order valence-corrected chi connectivity index (χ2v) is 7.31. The molecule has 0 spiro atoms. The first-order valence-corrected chi connectivity index (χ1v) is 9.94. The maximum absolute atomic E-state index is 12.7. The number of nitrogens with one attached hydrogen (secondary N) is 3. The number of phenolic OH excluding ortho intramolecular Hbond substituents is 1. The molecule has 0 aliphatic carbocycles. The highest BCUT2D eigenvalue weighted by atomic mass is 16.4. The van der Waals surface area contributed by atoms with Crippen LogP contribution in [-0.4, -0.2) is 80.9 Å². The predicted molar refractivity (Wildman–Crippen MR) is 113 cm³/mol. The molecule has 13 nitrogen and oxygen atoms in total. The van der Waals surface area contributed by atoms with Crippen LogP contribution >= 0.6 is 0 Å². The van der Waals surface area contributed by atoms with E-state index in [-0.39, 0.29) is 18.6 Å². The Labute approximate surface area is 189 Å². The molecule has 1 aromatic carbocycles. The molecule has 4 atom stereocenters. The Bertz CT molecular complexity index is 858. The quantitative estimate of drug-likeness (QED) is 0.154. The third kappa shape index (κ3) is 9.97. The van der Waals surface area contributed by atoms with Crippen LogP contribution in [0, 0.1) is 0 Å². The summed E-state index contributed by atoms with van der Waals surface area (Å²) in [5, 5.41) is 43.5. The largest absolute Gasteiger partial charge is 0.508 e. The molecule has 9 N–H and O–H groups in total. The number of carbonyl (C=O) groups is 5. The number of hydrogen-bond donors (Lipinski definition) is 8. The molecule has 1 aromatic rings. The number of amides is 3. The van der Waals surface area contributed by atoms with Gasteiger partial charge in [0.1, 0.15) is 23.9 Å². The van der Waals surface area contributed by atoms with Crippen molar-refractivity contribution < 1.29 is 44.4 Å². The summed E-state index contributed by atoms with van der Waals surface area (Å²) in [5.41, 5.74) is 5.99. The number of aliphatic hydroxyl groups excluding tert-OH is 1. The Morgan fingerprint density at radius 1 is 0.970 bits per heavy atom. The van der Waals surface area contributed by atoms with E-state index in [1.165, 1.54) is 31.2 Å². The molecule has 0 aliphatic heterocycles. The molecule has 3 amide bonds. The zero-order valence-corrected chi connectivity index (χ0v) is 17.9. The van der Waals surface area contributed by atoms with Crippen molar-refractivity contribution in [1.29, 1.82) is 0 Å². The Balaban J connectivity index is 2.91. The summed E-state index contributed by atoms with van der Waals surface area (Å²) in [4.78, 5) is 58.9. The van der Waals surface area contributed by atoms with E-state index in [4.69, 9.17) is 10.8 Å². The Morgan fingerprint density at radius 2 is 1.58 bits per heavy atom. The maximum atomic E-state index is 12.7. The molecule has 0 bridgehead atoms. The lowest BCUT2D eigenvalue weighted by atomic mass is 10.0. The van der Waals surface area contributed by atoms with E-state index < -0.39 is 66.9 Å². The highest BCUT2D eigenvalue weighted by Crippen LogP contribution is 2.12. The Kier molecular flexibility index (Phi) is 10.7. The number of nitrogens with two attached hydrogens (primary N) is 1. The summed E-state index contributed by atoms with van der Waals surface area (Å²) in [7, 11) is 0. The van der Waals surface area contributed by atoms with Crippen molar-refractivity contribution >= 4 is 29.7 Å². The average Bonchev–Trinajstić information content (AvgIpc) is 2.74. The fourth-order valence-corrected chi connectivity index (χ4v) is 2.62. The summed E-state index contributed by atoms with van der Waals surface area (Å²) >= 11 is 0. The van der Waals surface area contributed by atoms with Gasteiger partial charge in [-0.1, -0.05) is 12.1 Å². The van der Waals surface area contributed by atoms with Gasteiger partial charge in [0.25, 0.3) is 0 Å². The SMILES string of the molecule is CC(O)C(N)C(=O)NCC(=O)NC(Cc1ccc(O)cc1)C(=O)NC(CCC(=O)O)C(=O)O. The fraction of sp³-hybridized carbons (Fsp3) is 0.450. The molecule has 0 aromatic heterocycles. The molecule has 0 fully saturated rings. The third-order valence-electron chi connectivity index (χ3n) is 4.53. The van der Waals surface area contributed by atoms with E-state index in [1.54, 1.807) is 0 Å². The number of phenols is 1. The van der Waals surface area contributed by atoms with Gasteiger partial charge < -0.3 is 42.1 Å². The van der Waals surface area contributed by atoms with E-state index >= 15 is 0 Å². The molecule has 0 saturated carbocycles. The Morgan fingerprint density at radius 3 is 2.09 bits per heavy atom. The van der Waals surface area contributed by atoms with Gasteiger partial charge in [-0.2, -0.15) is 0 Å². The first-order valence-electron chi connectivity index (χ1n) is 9.94. The molecule has 1 rings (SSSR count). The van der Waals surface area contributed by atoms with E-state index in [0.29, 0.717) is 5.56 Å². The van der Waals surface area contributed by atoms with Gasteiger partial charge in [0, 0.05) is 12.8 Å². The lowest BCUT2D eigenvalue weighted by Crippen LogP contribution is -2.55. The van der Waals surface area contributed by atoms with Gasteiger partial charge >= 0.3 is 11.9 Å². The number of hydrogen-bond acceptors (Lipinski definition) is 8. The minimum absolute atomic E-state index is 0.0273. The van der Waals surface area contributed by atoms with Crippen LogP contribution in [0.1, 0.15) is 25.3 Å². The van der Waals surface area contributed by atoms with Crippen molar-refractivity contribution in [3.05, 3.63) is 29.8 Å². The van der Waals surface area contributed by atoms with Crippen molar-refractivity contribution in [3.8, 4) is 5.75 Å². The molecule has 182 valence electrons. The summed E-state index contributed by atoms with van der Waals surface area (Å²) < 4.78 is 0. The van der Waals surface area contributed by atoms with Crippen molar-refractivity contribution in [2.24, 2.45) is 5.73 Å². The van der Waals surface area contributed by atoms with Gasteiger partial charge in [-0.15, -0.1) is 0 Å². The molecule has 13 heteroatoms. The third-order valence-corrected chi connectivity index (χ3v) is 4.53. The lowest BCUT2D eigenvalue weighted by Gasteiger charge is -2.22. The van der Waals surface area contributed by atoms with Crippen LogP contribution in [-0.2, 0) is 30.4 Å². The monoisotopic (exact) mass is 468 g/mol. The van der Waals surface area contributed by atoms with Crippen LogP contribution in [0.4, 0.5) is 0 Å². The van der Waals surface area contributed by atoms with Crippen molar-refractivity contribution in [1.82, 2.24) is 16.0 Å². The Hall–Kier alpha value is -3.71. The maximum Gasteiger partial charge on any atom is 0.326 e. The molecule has 4 unspecified atom stereocenters. The molecule has 0 saturated heterocycles. The first kappa shape index (κ1) is 27.3. The lowest BCUT2D eigenvalue weighted by molar-refractivity contribution is -0.143. The number of carboxylic acids is 2. The molecule has 0 aliphatic rings. The number of aromatic hydroxyl groups is 1. The molecule has 33 heavy (non-hydrogen) atoms. The normalized spacial score (nSPS) is 14.3. The minimum Gasteiger partial charge on any atom is -0.508 e. The molecule has 0 heterocycles. The molecular weight excluding hydrogens is 440 g/mol. The van der Waals surface area contributed by atoms with E-state index in [9.17, 15) is 39.3 Å². The number of carboxylic acid groups (broad SMARTS) is 2. The van der Waals surface area contributed by atoms with Gasteiger partial charge in [0.05, 0.1) is 12.6 Å². The summed E-state index contributed by atoms with van der Waals surface area (Å²) in [6, 6.07) is 1.65. The van der Waals surface area contributed by atoms with Crippen molar-refractivity contribution in [3.63, 3.8) is 0 Å². The second kappa shape index (κ2) is 13.0. The fourth-order valence-electron chi connectivity index (χ4n) is 2.62. The van der Waals surface area contributed by atoms with Crippen LogP contribution in [0.5, 0.6) is 5.75 Å². The number of benzene rings is 1. The average molecular weight is 468 g/mol. The number of rotatable bonds is 13. The van der Waals surface area contributed by atoms with Crippen LogP contribution in [0.3, 0.4) is 0 Å². The second-order valence-electron chi connectivity index (χ2n) is 7.31. The summed E-state index contributed by atoms with van der Waals surface area (Å²) in [5.74, 6) is -5.19. The van der Waals surface area contributed by atoms with Gasteiger partial charge in [0.2, 0.25) is 17.7 Å². The van der Waals surface area contributed by atoms with Gasteiger partial charge in [-0.3, -0.25) is 19.2 Å². The van der Waals surface area contributed by atoms with E-state index in [1.807, 2.05) is 0 Å². The van der Waals surface area contributed by atoms with Gasteiger partial charge in [0.15, 0.2) is 0 Å². The number of aliphatic hydroxyl groups is 1. The smallest absolute Gasteiger partial charge is 0.326 e.